The van der Waals surface area contributed by atoms with Gasteiger partial charge in [-0.2, -0.15) is 0 Å². The molecule has 0 spiro atoms. The van der Waals surface area contributed by atoms with Crippen LogP contribution in [-0.4, -0.2) is 87.1 Å². The molecule has 22 heavy (non-hydrogen) atoms. The lowest BCUT2D eigenvalue weighted by atomic mass is 10.0. The van der Waals surface area contributed by atoms with E-state index in [1.807, 2.05) is 4.90 Å². The maximum Gasteiger partial charge on any atom is 0.248 e. The number of ether oxygens (including phenoxy) is 3. The highest BCUT2D eigenvalue weighted by atomic mass is 16.5. The molecule has 126 valence electrons. The molecule has 3 rings (SSSR count). The van der Waals surface area contributed by atoms with Gasteiger partial charge < -0.3 is 19.1 Å². The van der Waals surface area contributed by atoms with Gasteiger partial charge in [0.2, 0.25) is 5.91 Å². The van der Waals surface area contributed by atoms with Gasteiger partial charge in [0.05, 0.1) is 25.9 Å². The molecule has 0 N–H and O–H groups in total. The first-order valence-electron chi connectivity index (χ1n) is 8.53. The number of nitrogens with zero attached hydrogens (tertiary/aromatic N) is 2. The quantitative estimate of drug-likeness (QED) is 0.734. The zero-order valence-corrected chi connectivity index (χ0v) is 13.5. The van der Waals surface area contributed by atoms with Crippen LogP contribution in [0.1, 0.15) is 19.8 Å². The van der Waals surface area contributed by atoms with E-state index >= 15 is 0 Å². The SMILES string of the molecule is C[C@@H]1CN(C(=O)COC[C@H]2CCCO2)C[C@@H]1N1CCOCC1. The number of morpholine rings is 1. The summed E-state index contributed by atoms with van der Waals surface area (Å²) in [6.45, 7) is 9.02. The number of hydrogen-bond acceptors (Lipinski definition) is 5. The summed E-state index contributed by atoms with van der Waals surface area (Å²) < 4.78 is 16.5. The summed E-state index contributed by atoms with van der Waals surface area (Å²) in [6.07, 6.45) is 2.34. The van der Waals surface area contributed by atoms with E-state index in [0.29, 0.717) is 18.6 Å². The molecule has 6 heteroatoms. The Bertz CT molecular complexity index is 367. The average Bonchev–Trinajstić information content (AvgIpc) is 3.17. The van der Waals surface area contributed by atoms with Gasteiger partial charge in [-0.3, -0.25) is 9.69 Å². The molecule has 3 aliphatic heterocycles. The summed E-state index contributed by atoms with van der Waals surface area (Å²) >= 11 is 0. The molecule has 0 aromatic carbocycles. The van der Waals surface area contributed by atoms with Crippen LogP contribution in [0.2, 0.25) is 0 Å². The van der Waals surface area contributed by atoms with E-state index < -0.39 is 0 Å². The second-order valence-electron chi connectivity index (χ2n) is 6.64. The number of hydrogen-bond donors (Lipinski definition) is 0. The minimum absolute atomic E-state index is 0.112. The van der Waals surface area contributed by atoms with Crippen molar-refractivity contribution in [1.29, 1.82) is 0 Å². The molecule has 0 aromatic rings. The van der Waals surface area contributed by atoms with Crippen molar-refractivity contribution in [3.63, 3.8) is 0 Å². The van der Waals surface area contributed by atoms with Crippen LogP contribution in [0.4, 0.5) is 0 Å². The van der Waals surface area contributed by atoms with Gasteiger partial charge in [-0.1, -0.05) is 6.92 Å². The summed E-state index contributed by atoms with van der Waals surface area (Å²) in [6, 6.07) is 0.464. The van der Waals surface area contributed by atoms with Gasteiger partial charge in [0, 0.05) is 38.8 Å². The number of carbonyl (C=O) groups is 1. The summed E-state index contributed by atoms with van der Waals surface area (Å²) in [5.41, 5.74) is 0. The van der Waals surface area contributed by atoms with Gasteiger partial charge in [-0.15, -0.1) is 0 Å². The molecule has 0 aliphatic carbocycles. The van der Waals surface area contributed by atoms with E-state index in [0.717, 1.165) is 58.8 Å². The van der Waals surface area contributed by atoms with Gasteiger partial charge >= 0.3 is 0 Å². The first-order chi connectivity index (χ1) is 10.7. The van der Waals surface area contributed by atoms with Gasteiger partial charge in [0.15, 0.2) is 0 Å². The van der Waals surface area contributed by atoms with E-state index in [2.05, 4.69) is 11.8 Å². The zero-order valence-electron chi connectivity index (χ0n) is 13.5. The van der Waals surface area contributed by atoms with Crippen LogP contribution in [0.25, 0.3) is 0 Å². The van der Waals surface area contributed by atoms with Crippen LogP contribution in [0.5, 0.6) is 0 Å². The Morgan fingerprint density at radius 3 is 2.77 bits per heavy atom. The lowest BCUT2D eigenvalue weighted by Crippen LogP contribution is -2.47. The molecule has 1 amide bonds. The minimum Gasteiger partial charge on any atom is -0.379 e. The van der Waals surface area contributed by atoms with E-state index in [1.54, 1.807) is 0 Å². The Labute approximate surface area is 132 Å². The van der Waals surface area contributed by atoms with Crippen molar-refractivity contribution < 1.29 is 19.0 Å². The summed E-state index contributed by atoms with van der Waals surface area (Å²) in [4.78, 5) is 16.7. The molecule has 0 radical (unpaired) electrons. The van der Waals surface area contributed by atoms with E-state index in [1.165, 1.54) is 0 Å². The number of carbonyl (C=O) groups excluding carboxylic acids is 1. The van der Waals surface area contributed by atoms with E-state index in [-0.39, 0.29) is 18.6 Å². The van der Waals surface area contributed by atoms with Gasteiger partial charge in [-0.05, 0) is 18.8 Å². The summed E-state index contributed by atoms with van der Waals surface area (Å²) in [5, 5.41) is 0. The standard InChI is InChI=1S/C16H28N2O4/c1-13-9-18(10-15(13)17-4-7-20-8-5-17)16(19)12-21-11-14-3-2-6-22-14/h13-15H,2-12H2,1H3/t13-,14-,15+/m1/s1. The lowest BCUT2D eigenvalue weighted by molar-refractivity contribution is -0.136. The third-order valence-electron chi connectivity index (χ3n) is 4.99. The zero-order chi connectivity index (χ0) is 15.4. The fraction of sp³-hybridized carbons (Fsp3) is 0.938. The molecule has 3 aliphatic rings. The van der Waals surface area contributed by atoms with E-state index in [4.69, 9.17) is 14.2 Å². The molecular weight excluding hydrogens is 284 g/mol. The van der Waals surface area contributed by atoms with Crippen LogP contribution in [-0.2, 0) is 19.0 Å². The van der Waals surface area contributed by atoms with Gasteiger partial charge in [0.1, 0.15) is 6.61 Å². The Morgan fingerprint density at radius 2 is 2.05 bits per heavy atom. The summed E-state index contributed by atoms with van der Waals surface area (Å²) in [5.74, 6) is 0.626. The number of rotatable bonds is 5. The van der Waals surface area contributed by atoms with Crippen molar-refractivity contribution in [3.8, 4) is 0 Å². The fourth-order valence-electron chi connectivity index (χ4n) is 3.68. The van der Waals surface area contributed by atoms with Crippen molar-refractivity contribution in [2.45, 2.75) is 31.9 Å². The van der Waals surface area contributed by atoms with Gasteiger partial charge in [0.25, 0.3) is 0 Å². The molecule has 3 saturated heterocycles. The first-order valence-corrected chi connectivity index (χ1v) is 8.53. The Kier molecular flexibility index (Phi) is 5.68. The summed E-state index contributed by atoms with van der Waals surface area (Å²) in [7, 11) is 0. The number of likely N-dealkylation sites (tertiary alicyclic amines) is 1. The second kappa shape index (κ2) is 7.73. The molecule has 0 aromatic heterocycles. The third-order valence-corrected chi connectivity index (χ3v) is 4.99. The molecule has 3 fully saturated rings. The van der Waals surface area contributed by atoms with Crippen molar-refractivity contribution in [1.82, 2.24) is 9.80 Å². The minimum atomic E-state index is 0.112. The molecule has 3 atom stereocenters. The molecular formula is C16H28N2O4. The van der Waals surface area contributed by atoms with Crippen molar-refractivity contribution >= 4 is 5.91 Å². The molecule has 0 bridgehead atoms. The maximum absolute atomic E-state index is 12.3. The number of amides is 1. The van der Waals surface area contributed by atoms with Crippen LogP contribution < -0.4 is 0 Å². The van der Waals surface area contributed by atoms with Crippen LogP contribution in [0, 0.1) is 5.92 Å². The fourth-order valence-corrected chi connectivity index (χ4v) is 3.68. The first kappa shape index (κ1) is 16.2. The highest BCUT2D eigenvalue weighted by Crippen LogP contribution is 2.23. The highest BCUT2D eigenvalue weighted by Gasteiger charge is 2.36. The van der Waals surface area contributed by atoms with Crippen LogP contribution >= 0.6 is 0 Å². The second-order valence-corrected chi connectivity index (χ2v) is 6.64. The Morgan fingerprint density at radius 1 is 1.23 bits per heavy atom. The van der Waals surface area contributed by atoms with Crippen molar-refractivity contribution in [2.24, 2.45) is 5.92 Å². The smallest absolute Gasteiger partial charge is 0.248 e. The highest BCUT2D eigenvalue weighted by molar-refractivity contribution is 5.77. The third kappa shape index (κ3) is 3.98. The molecule has 0 saturated carbocycles. The Hall–Kier alpha value is -0.690. The van der Waals surface area contributed by atoms with Gasteiger partial charge in [-0.25, -0.2) is 0 Å². The topological polar surface area (TPSA) is 51.2 Å². The van der Waals surface area contributed by atoms with Crippen LogP contribution in [0.15, 0.2) is 0 Å². The Balaban J connectivity index is 1.41. The molecule has 0 unspecified atom stereocenters. The van der Waals surface area contributed by atoms with E-state index in [9.17, 15) is 4.79 Å². The predicted molar refractivity (Wildman–Crippen MR) is 81.7 cm³/mol. The largest absolute Gasteiger partial charge is 0.379 e. The maximum atomic E-state index is 12.3. The average molecular weight is 312 g/mol. The predicted octanol–water partition coefficient (Wildman–Crippen LogP) is 0.361. The normalized spacial score (nSPS) is 33.5. The molecule has 6 nitrogen and oxygen atoms in total. The van der Waals surface area contributed by atoms with Crippen molar-refractivity contribution in [3.05, 3.63) is 0 Å². The van der Waals surface area contributed by atoms with Crippen molar-refractivity contribution in [2.75, 3.05) is 59.2 Å². The monoisotopic (exact) mass is 312 g/mol. The van der Waals surface area contributed by atoms with Crippen LogP contribution in [0.3, 0.4) is 0 Å². The lowest BCUT2D eigenvalue weighted by Gasteiger charge is -2.33. The molecule has 3 heterocycles.